The minimum absolute atomic E-state index is 0.674. The van der Waals surface area contributed by atoms with Crippen LogP contribution >= 0.6 is 0 Å². The van der Waals surface area contributed by atoms with E-state index in [1.54, 1.807) is 7.11 Å². The monoisotopic (exact) mass is 232 g/mol. The molecule has 0 rings (SSSR count). The molecule has 0 aromatic carbocycles. The number of hydrogen-bond donors (Lipinski definition) is 1. The summed E-state index contributed by atoms with van der Waals surface area (Å²) in [6, 6.07) is 0. The Morgan fingerprint density at radius 2 is 1.88 bits per heavy atom. The summed E-state index contributed by atoms with van der Waals surface area (Å²) in [7, 11) is 1.69. The average Bonchev–Trinajstić information content (AvgIpc) is 2.24. The molecular weight excluding hydrogens is 204 g/mol. The maximum Gasteiger partial charge on any atom is 0.0700 e. The molecular formula is C12H28N2O2. The molecule has 0 saturated heterocycles. The molecule has 0 bridgehead atoms. The summed E-state index contributed by atoms with van der Waals surface area (Å²) in [5.41, 5.74) is 5.53. The summed E-state index contributed by atoms with van der Waals surface area (Å²) in [6.45, 7) is 10.6. The Kier molecular flexibility index (Phi) is 11.2. The molecule has 0 heterocycles. The second kappa shape index (κ2) is 11.3. The molecule has 4 nitrogen and oxygen atoms in total. The normalized spacial score (nSPS) is 11.6. The van der Waals surface area contributed by atoms with Gasteiger partial charge in [-0.3, -0.25) is 0 Å². The highest BCUT2D eigenvalue weighted by Crippen LogP contribution is 1.99. The topological polar surface area (TPSA) is 47.7 Å². The highest BCUT2D eigenvalue weighted by Gasteiger charge is 2.06. The minimum atomic E-state index is 0.674. The Morgan fingerprint density at radius 1 is 1.12 bits per heavy atom. The van der Waals surface area contributed by atoms with E-state index in [4.69, 9.17) is 15.2 Å². The molecule has 0 amide bonds. The van der Waals surface area contributed by atoms with E-state index in [0.29, 0.717) is 19.1 Å². The molecule has 16 heavy (non-hydrogen) atoms. The van der Waals surface area contributed by atoms with Gasteiger partial charge in [-0.05, 0) is 25.4 Å². The van der Waals surface area contributed by atoms with E-state index in [1.807, 2.05) is 0 Å². The van der Waals surface area contributed by atoms with Crippen molar-refractivity contribution in [3.05, 3.63) is 0 Å². The van der Waals surface area contributed by atoms with Crippen LogP contribution in [0.4, 0.5) is 0 Å². The van der Waals surface area contributed by atoms with Gasteiger partial charge in [0.25, 0.3) is 0 Å². The average molecular weight is 232 g/mol. The van der Waals surface area contributed by atoms with E-state index in [0.717, 1.165) is 39.2 Å². The number of methoxy groups -OCH3 is 1. The van der Waals surface area contributed by atoms with Gasteiger partial charge in [0.2, 0.25) is 0 Å². The Bertz CT molecular complexity index is 143. The van der Waals surface area contributed by atoms with Crippen LogP contribution in [0, 0.1) is 5.92 Å². The second-order valence-electron chi connectivity index (χ2n) is 4.44. The van der Waals surface area contributed by atoms with E-state index >= 15 is 0 Å². The summed E-state index contributed by atoms with van der Waals surface area (Å²) in [4.78, 5) is 2.42. The standard InChI is InChI=1S/C12H28N2O2/c1-12(2)11-14(6-4-5-13)7-8-16-10-9-15-3/h12H,4-11,13H2,1-3H3. The molecule has 0 spiro atoms. The van der Waals surface area contributed by atoms with Gasteiger partial charge in [-0.1, -0.05) is 13.8 Å². The van der Waals surface area contributed by atoms with Crippen LogP contribution < -0.4 is 5.73 Å². The molecule has 2 N–H and O–H groups in total. The van der Waals surface area contributed by atoms with Crippen LogP contribution in [-0.2, 0) is 9.47 Å². The van der Waals surface area contributed by atoms with Gasteiger partial charge in [-0.25, -0.2) is 0 Å². The number of ether oxygens (including phenoxy) is 2. The molecule has 98 valence electrons. The fourth-order valence-corrected chi connectivity index (χ4v) is 1.56. The summed E-state index contributed by atoms with van der Waals surface area (Å²) in [5, 5.41) is 0. The molecule has 0 atom stereocenters. The Balaban J connectivity index is 3.56. The van der Waals surface area contributed by atoms with Gasteiger partial charge in [0, 0.05) is 20.2 Å². The van der Waals surface area contributed by atoms with Crippen molar-refractivity contribution in [2.24, 2.45) is 11.7 Å². The first kappa shape index (κ1) is 15.8. The molecule has 0 saturated carbocycles. The maximum atomic E-state index is 5.53. The van der Waals surface area contributed by atoms with Crippen molar-refractivity contribution in [3.8, 4) is 0 Å². The van der Waals surface area contributed by atoms with E-state index in [1.165, 1.54) is 0 Å². The van der Waals surface area contributed by atoms with Crippen molar-refractivity contribution in [2.45, 2.75) is 20.3 Å². The third kappa shape index (κ3) is 10.4. The lowest BCUT2D eigenvalue weighted by atomic mass is 10.2. The third-order valence-corrected chi connectivity index (χ3v) is 2.29. The number of hydrogen-bond acceptors (Lipinski definition) is 4. The van der Waals surface area contributed by atoms with Crippen molar-refractivity contribution in [2.75, 3.05) is 53.1 Å². The smallest absolute Gasteiger partial charge is 0.0700 e. The van der Waals surface area contributed by atoms with Gasteiger partial charge in [0.15, 0.2) is 0 Å². The van der Waals surface area contributed by atoms with Crippen LogP contribution in [0.2, 0.25) is 0 Å². The highest BCUT2D eigenvalue weighted by molar-refractivity contribution is 4.60. The quantitative estimate of drug-likeness (QED) is 0.539. The zero-order chi connectivity index (χ0) is 12.2. The SMILES string of the molecule is COCCOCCN(CCCN)CC(C)C. The van der Waals surface area contributed by atoms with E-state index in [2.05, 4.69) is 18.7 Å². The van der Waals surface area contributed by atoms with E-state index in [9.17, 15) is 0 Å². The molecule has 0 aliphatic heterocycles. The molecule has 0 radical (unpaired) electrons. The first-order chi connectivity index (χ1) is 7.70. The predicted octanol–water partition coefficient (Wildman–Crippen LogP) is 0.956. The fourth-order valence-electron chi connectivity index (χ4n) is 1.56. The van der Waals surface area contributed by atoms with Gasteiger partial charge >= 0.3 is 0 Å². The van der Waals surface area contributed by atoms with E-state index in [-0.39, 0.29) is 0 Å². The zero-order valence-corrected chi connectivity index (χ0v) is 11.1. The summed E-state index contributed by atoms with van der Waals surface area (Å²) >= 11 is 0. The lowest BCUT2D eigenvalue weighted by molar-refractivity contribution is 0.0553. The minimum Gasteiger partial charge on any atom is -0.382 e. The maximum absolute atomic E-state index is 5.53. The van der Waals surface area contributed by atoms with Crippen LogP contribution in [0.1, 0.15) is 20.3 Å². The van der Waals surface area contributed by atoms with Crippen molar-refractivity contribution >= 4 is 0 Å². The van der Waals surface area contributed by atoms with Crippen LogP contribution in [0.5, 0.6) is 0 Å². The molecule has 0 fully saturated rings. The van der Waals surface area contributed by atoms with Gasteiger partial charge in [0.1, 0.15) is 0 Å². The van der Waals surface area contributed by atoms with Gasteiger partial charge in [0.05, 0.1) is 19.8 Å². The summed E-state index contributed by atoms with van der Waals surface area (Å²) in [5.74, 6) is 0.691. The third-order valence-electron chi connectivity index (χ3n) is 2.29. The number of nitrogens with zero attached hydrogens (tertiary/aromatic N) is 1. The number of rotatable bonds is 11. The Hall–Kier alpha value is -0.160. The van der Waals surface area contributed by atoms with Crippen molar-refractivity contribution in [3.63, 3.8) is 0 Å². The van der Waals surface area contributed by atoms with Crippen molar-refractivity contribution in [1.82, 2.24) is 4.90 Å². The Labute approximate surface area is 100 Å². The first-order valence-electron chi connectivity index (χ1n) is 6.19. The summed E-state index contributed by atoms with van der Waals surface area (Å²) in [6.07, 6.45) is 1.06. The zero-order valence-electron chi connectivity index (χ0n) is 11.1. The molecule has 4 heteroatoms. The van der Waals surface area contributed by atoms with Gasteiger partial charge in [-0.2, -0.15) is 0 Å². The predicted molar refractivity (Wildman–Crippen MR) is 67.6 cm³/mol. The van der Waals surface area contributed by atoms with E-state index < -0.39 is 0 Å². The molecule has 0 aromatic rings. The van der Waals surface area contributed by atoms with Crippen LogP contribution in [0.25, 0.3) is 0 Å². The molecule has 0 aliphatic carbocycles. The van der Waals surface area contributed by atoms with Gasteiger partial charge < -0.3 is 20.1 Å². The van der Waals surface area contributed by atoms with Crippen molar-refractivity contribution < 1.29 is 9.47 Å². The summed E-state index contributed by atoms with van der Waals surface area (Å²) < 4.78 is 10.4. The first-order valence-corrected chi connectivity index (χ1v) is 6.19. The highest BCUT2D eigenvalue weighted by atomic mass is 16.5. The molecule has 0 aliphatic rings. The fraction of sp³-hybridized carbons (Fsp3) is 1.00. The Morgan fingerprint density at radius 3 is 2.44 bits per heavy atom. The van der Waals surface area contributed by atoms with Gasteiger partial charge in [-0.15, -0.1) is 0 Å². The lowest BCUT2D eigenvalue weighted by Gasteiger charge is -2.23. The van der Waals surface area contributed by atoms with Crippen molar-refractivity contribution in [1.29, 1.82) is 0 Å². The number of nitrogens with two attached hydrogens (primary N) is 1. The molecule has 0 aromatic heterocycles. The largest absolute Gasteiger partial charge is 0.382 e. The van der Waals surface area contributed by atoms with Crippen LogP contribution in [0.15, 0.2) is 0 Å². The molecule has 0 unspecified atom stereocenters. The van der Waals surface area contributed by atoms with Crippen LogP contribution in [0.3, 0.4) is 0 Å². The van der Waals surface area contributed by atoms with Crippen LogP contribution in [-0.4, -0.2) is 58.0 Å². The lowest BCUT2D eigenvalue weighted by Crippen LogP contribution is -2.33. The second-order valence-corrected chi connectivity index (χ2v) is 4.44.